The Kier molecular flexibility index (Phi) is 10.2. The van der Waals surface area contributed by atoms with Crippen LogP contribution in [0.15, 0.2) is 0 Å². The zero-order valence-electron chi connectivity index (χ0n) is 14.0. The van der Waals surface area contributed by atoms with Crippen molar-refractivity contribution in [2.24, 2.45) is 5.73 Å². The van der Waals surface area contributed by atoms with Crippen molar-refractivity contribution in [3.63, 3.8) is 0 Å². The number of rotatable bonds is 11. The van der Waals surface area contributed by atoms with Crippen LogP contribution in [0, 0.1) is 0 Å². The van der Waals surface area contributed by atoms with Gasteiger partial charge in [0.05, 0.1) is 6.61 Å². The Labute approximate surface area is 134 Å². The minimum atomic E-state index is -1.16. The third-order valence-electron chi connectivity index (χ3n) is 4.60. The van der Waals surface area contributed by atoms with E-state index >= 15 is 0 Å². The quantitative estimate of drug-likeness (QED) is 0.435. The fraction of sp³-hybridized carbons (Fsp3) is 1.00. The summed E-state index contributed by atoms with van der Waals surface area (Å²) in [6.45, 7) is 2.27. The van der Waals surface area contributed by atoms with Gasteiger partial charge in [-0.2, -0.15) is 0 Å². The minimum absolute atomic E-state index is 0.0361. The van der Waals surface area contributed by atoms with Gasteiger partial charge in [-0.05, 0) is 6.42 Å². The van der Waals surface area contributed by atoms with Crippen molar-refractivity contribution in [1.82, 2.24) is 0 Å². The summed E-state index contributed by atoms with van der Waals surface area (Å²) in [5.41, 5.74) is 6.06. The van der Waals surface area contributed by atoms with Gasteiger partial charge in [-0.3, -0.25) is 0 Å². The van der Waals surface area contributed by atoms with Crippen LogP contribution in [0.2, 0.25) is 0 Å². The first-order valence-corrected chi connectivity index (χ1v) is 8.99. The van der Waals surface area contributed by atoms with Crippen molar-refractivity contribution in [1.29, 1.82) is 0 Å². The average Bonchev–Trinajstić information content (AvgIpc) is 2.51. The summed E-state index contributed by atoms with van der Waals surface area (Å²) >= 11 is 0. The number of aliphatic hydroxyl groups is 3. The SMILES string of the molecule is CCCCCCCCCCCC(N)C1OC[C@@H](O)[C@@H](O)[C@H]1O. The van der Waals surface area contributed by atoms with Gasteiger partial charge in [-0.15, -0.1) is 0 Å². The molecule has 5 nitrogen and oxygen atoms in total. The molecule has 2 unspecified atom stereocenters. The Hall–Kier alpha value is -0.200. The van der Waals surface area contributed by atoms with Crippen LogP contribution in [0.25, 0.3) is 0 Å². The van der Waals surface area contributed by atoms with Crippen LogP contribution in [-0.2, 0) is 4.74 Å². The van der Waals surface area contributed by atoms with Crippen LogP contribution < -0.4 is 5.73 Å². The molecule has 22 heavy (non-hydrogen) atoms. The highest BCUT2D eigenvalue weighted by Gasteiger charge is 2.40. The number of hydrogen-bond donors (Lipinski definition) is 4. The molecule has 0 aliphatic carbocycles. The van der Waals surface area contributed by atoms with Gasteiger partial charge >= 0.3 is 0 Å². The second kappa shape index (κ2) is 11.4. The highest BCUT2D eigenvalue weighted by Crippen LogP contribution is 2.20. The number of hydrogen-bond acceptors (Lipinski definition) is 5. The Morgan fingerprint density at radius 2 is 1.45 bits per heavy atom. The lowest BCUT2D eigenvalue weighted by molar-refractivity contribution is -0.192. The van der Waals surface area contributed by atoms with Crippen LogP contribution in [-0.4, -0.2) is 52.4 Å². The van der Waals surface area contributed by atoms with Gasteiger partial charge in [0.1, 0.15) is 24.4 Å². The minimum Gasteiger partial charge on any atom is -0.388 e. The molecule has 5 N–H and O–H groups in total. The fourth-order valence-electron chi connectivity index (χ4n) is 3.06. The first-order valence-electron chi connectivity index (χ1n) is 8.99. The molecule has 1 rings (SSSR count). The maximum absolute atomic E-state index is 9.91. The number of unbranched alkanes of at least 4 members (excludes halogenated alkanes) is 8. The summed E-state index contributed by atoms with van der Waals surface area (Å²) in [7, 11) is 0. The smallest absolute Gasteiger partial charge is 0.111 e. The molecule has 0 aromatic heterocycles. The van der Waals surface area contributed by atoms with Gasteiger partial charge in [0.2, 0.25) is 0 Å². The van der Waals surface area contributed by atoms with E-state index in [0.29, 0.717) is 0 Å². The summed E-state index contributed by atoms with van der Waals surface area (Å²) in [6, 6.07) is -0.290. The molecular weight excluding hydrogens is 282 g/mol. The maximum atomic E-state index is 9.91. The van der Waals surface area contributed by atoms with Crippen molar-refractivity contribution >= 4 is 0 Å². The lowest BCUT2D eigenvalue weighted by Crippen LogP contribution is -2.58. The van der Waals surface area contributed by atoms with Crippen molar-refractivity contribution in [2.45, 2.75) is 102 Å². The monoisotopic (exact) mass is 317 g/mol. The molecule has 0 aromatic carbocycles. The third-order valence-corrected chi connectivity index (χ3v) is 4.60. The van der Waals surface area contributed by atoms with Crippen LogP contribution in [0.3, 0.4) is 0 Å². The summed E-state index contributed by atoms with van der Waals surface area (Å²) in [5, 5.41) is 29.0. The van der Waals surface area contributed by atoms with Crippen molar-refractivity contribution in [3.8, 4) is 0 Å². The van der Waals surface area contributed by atoms with Crippen molar-refractivity contribution in [3.05, 3.63) is 0 Å². The van der Waals surface area contributed by atoms with Crippen LogP contribution in [0.1, 0.15) is 71.1 Å². The van der Waals surface area contributed by atoms with E-state index in [1.807, 2.05) is 0 Å². The third kappa shape index (κ3) is 6.92. The molecule has 1 saturated heterocycles. The van der Waals surface area contributed by atoms with Gasteiger partial charge in [0, 0.05) is 6.04 Å². The van der Waals surface area contributed by atoms with E-state index in [4.69, 9.17) is 10.5 Å². The summed E-state index contributed by atoms with van der Waals surface area (Å²) < 4.78 is 5.38. The van der Waals surface area contributed by atoms with E-state index in [9.17, 15) is 15.3 Å². The van der Waals surface area contributed by atoms with Gasteiger partial charge < -0.3 is 25.8 Å². The molecule has 5 heteroatoms. The molecule has 0 spiro atoms. The molecule has 0 amide bonds. The maximum Gasteiger partial charge on any atom is 0.111 e. The van der Waals surface area contributed by atoms with E-state index < -0.39 is 24.4 Å². The zero-order valence-corrected chi connectivity index (χ0v) is 14.0. The van der Waals surface area contributed by atoms with Gasteiger partial charge in [-0.1, -0.05) is 64.7 Å². The molecule has 0 aromatic rings. The van der Waals surface area contributed by atoms with Crippen LogP contribution in [0.4, 0.5) is 0 Å². The van der Waals surface area contributed by atoms with Crippen LogP contribution >= 0.6 is 0 Å². The number of ether oxygens (including phenoxy) is 1. The Bertz CT molecular complexity index is 277. The van der Waals surface area contributed by atoms with Gasteiger partial charge in [0.25, 0.3) is 0 Å². The second-order valence-corrected chi connectivity index (χ2v) is 6.63. The number of aliphatic hydroxyl groups excluding tert-OH is 3. The Morgan fingerprint density at radius 1 is 0.909 bits per heavy atom. The van der Waals surface area contributed by atoms with E-state index in [1.54, 1.807) is 0 Å². The van der Waals surface area contributed by atoms with E-state index in [-0.39, 0.29) is 12.6 Å². The van der Waals surface area contributed by atoms with E-state index in [2.05, 4.69) is 6.92 Å². The predicted molar refractivity (Wildman–Crippen MR) is 87.6 cm³/mol. The zero-order chi connectivity index (χ0) is 16.4. The topological polar surface area (TPSA) is 95.9 Å². The highest BCUT2D eigenvalue weighted by atomic mass is 16.5. The number of nitrogens with two attached hydrogens (primary N) is 1. The standard InChI is InChI=1S/C17H35NO4/c1-2-3-4-5-6-7-8-9-10-11-13(18)17-16(21)15(20)14(19)12-22-17/h13-17,19-21H,2-12,18H2,1H3/t13?,14-,15-,16-,17?/m1/s1. The summed E-state index contributed by atoms with van der Waals surface area (Å²) in [4.78, 5) is 0. The first kappa shape index (κ1) is 19.8. The second-order valence-electron chi connectivity index (χ2n) is 6.63. The normalized spacial score (nSPS) is 30.4. The van der Waals surface area contributed by atoms with Gasteiger partial charge in [0.15, 0.2) is 0 Å². The molecule has 1 aliphatic heterocycles. The van der Waals surface area contributed by atoms with Gasteiger partial charge in [-0.25, -0.2) is 0 Å². The van der Waals surface area contributed by atoms with Crippen molar-refractivity contribution in [2.75, 3.05) is 6.61 Å². The fourth-order valence-corrected chi connectivity index (χ4v) is 3.06. The lowest BCUT2D eigenvalue weighted by atomic mass is 9.92. The Balaban J connectivity index is 2.05. The Morgan fingerprint density at radius 3 is 2.05 bits per heavy atom. The molecule has 0 saturated carbocycles. The molecule has 132 valence electrons. The van der Waals surface area contributed by atoms with Crippen molar-refractivity contribution < 1.29 is 20.1 Å². The molecule has 1 fully saturated rings. The first-order chi connectivity index (χ1) is 10.6. The van der Waals surface area contributed by atoms with E-state index in [0.717, 1.165) is 19.3 Å². The molecular formula is C17H35NO4. The predicted octanol–water partition coefficient (Wildman–Crippen LogP) is 1.72. The van der Waals surface area contributed by atoms with Crippen LogP contribution in [0.5, 0.6) is 0 Å². The summed E-state index contributed by atoms with van der Waals surface area (Å²) in [5.74, 6) is 0. The average molecular weight is 317 g/mol. The molecule has 5 atom stereocenters. The summed E-state index contributed by atoms with van der Waals surface area (Å²) in [6.07, 6.45) is 8.25. The molecule has 0 bridgehead atoms. The lowest BCUT2D eigenvalue weighted by Gasteiger charge is -2.38. The molecule has 1 heterocycles. The van der Waals surface area contributed by atoms with E-state index in [1.165, 1.54) is 44.9 Å². The molecule has 1 aliphatic rings. The highest BCUT2D eigenvalue weighted by molar-refractivity contribution is 4.91. The molecule has 0 radical (unpaired) electrons. The largest absolute Gasteiger partial charge is 0.388 e.